The van der Waals surface area contributed by atoms with E-state index in [1.165, 1.54) is 0 Å². The molecule has 0 atom stereocenters. The molecule has 0 bridgehead atoms. The van der Waals surface area contributed by atoms with E-state index in [4.69, 9.17) is 21.9 Å². The highest BCUT2D eigenvalue weighted by molar-refractivity contribution is 6.30. The van der Waals surface area contributed by atoms with Crippen molar-refractivity contribution in [3.05, 3.63) is 34.7 Å². The molecule has 2 aromatic rings. The average Bonchev–Trinajstić information content (AvgIpc) is 2.70. The largest absolute Gasteiger partial charge is 0.338 e. The molecule has 2 N–H and O–H groups in total. The highest BCUT2D eigenvalue weighted by atomic mass is 35.5. The first kappa shape index (κ1) is 10.1. The lowest BCUT2D eigenvalue weighted by Crippen LogP contribution is -1.95. The number of rotatable bonds is 2. The lowest BCUT2D eigenvalue weighted by atomic mass is 10.1. The van der Waals surface area contributed by atoms with Gasteiger partial charge in [-0.2, -0.15) is 4.98 Å². The van der Waals surface area contributed by atoms with Gasteiger partial charge in [0.25, 0.3) is 0 Å². The Morgan fingerprint density at radius 3 is 2.93 bits per heavy atom. The minimum atomic E-state index is 0.243. The Morgan fingerprint density at radius 1 is 1.47 bits per heavy atom. The van der Waals surface area contributed by atoms with E-state index in [2.05, 4.69) is 10.1 Å². The zero-order valence-electron chi connectivity index (χ0n) is 8.20. The van der Waals surface area contributed by atoms with Gasteiger partial charge in [0.15, 0.2) is 0 Å². The second-order valence-electron chi connectivity index (χ2n) is 3.18. The van der Waals surface area contributed by atoms with Gasteiger partial charge in [0.2, 0.25) is 11.7 Å². The Kier molecular flexibility index (Phi) is 2.70. The topological polar surface area (TPSA) is 64.9 Å². The summed E-state index contributed by atoms with van der Waals surface area (Å²) in [6.07, 6.45) is 0. The number of hydrogen-bond acceptors (Lipinski definition) is 4. The molecule has 78 valence electrons. The Morgan fingerprint density at radius 2 is 2.27 bits per heavy atom. The molecule has 0 saturated carbocycles. The quantitative estimate of drug-likeness (QED) is 0.847. The third kappa shape index (κ3) is 2.00. The van der Waals surface area contributed by atoms with Gasteiger partial charge in [-0.3, -0.25) is 0 Å². The standard InChI is InChI=1S/C10H10ClN3O/c1-6-2-3-7(11)4-8(6)10-13-9(5-12)15-14-10/h2-4H,5,12H2,1H3. The summed E-state index contributed by atoms with van der Waals surface area (Å²) in [5.41, 5.74) is 7.30. The van der Waals surface area contributed by atoms with E-state index in [1.54, 1.807) is 0 Å². The number of benzene rings is 1. The van der Waals surface area contributed by atoms with Gasteiger partial charge in [-0.05, 0) is 24.6 Å². The van der Waals surface area contributed by atoms with Crippen molar-refractivity contribution in [3.63, 3.8) is 0 Å². The Hall–Kier alpha value is -1.39. The van der Waals surface area contributed by atoms with Crippen molar-refractivity contribution in [2.45, 2.75) is 13.5 Å². The monoisotopic (exact) mass is 223 g/mol. The van der Waals surface area contributed by atoms with Crippen molar-refractivity contribution in [1.29, 1.82) is 0 Å². The molecule has 0 radical (unpaired) electrons. The first-order valence-corrected chi connectivity index (χ1v) is 4.87. The smallest absolute Gasteiger partial charge is 0.240 e. The summed E-state index contributed by atoms with van der Waals surface area (Å²) < 4.78 is 4.93. The van der Waals surface area contributed by atoms with Crippen LogP contribution in [0.15, 0.2) is 22.7 Å². The fourth-order valence-corrected chi connectivity index (χ4v) is 1.45. The minimum absolute atomic E-state index is 0.243. The van der Waals surface area contributed by atoms with Crippen molar-refractivity contribution in [2.75, 3.05) is 0 Å². The summed E-state index contributed by atoms with van der Waals surface area (Å²) in [6, 6.07) is 5.54. The van der Waals surface area contributed by atoms with Crippen molar-refractivity contribution in [1.82, 2.24) is 10.1 Å². The van der Waals surface area contributed by atoms with E-state index in [0.29, 0.717) is 16.7 Å². The molecule has 0 amide bonds. The van der Waals surface area contributed by atoms with Crippen LogP contribution in [0.2, 0.25) is 5.02 Å². The minimum Gasteiger partial charge on any atom is -0.338 e. The van der Waals surface area contributed by atoms with Crippen LogP contribution >= 0.6 is 11.6 Å². The van der Waals surface area contributed by atoms with Crippen LogP contribution in [-0.2, 0) is 6.54 Å². The maximum atomic E-state index is 5.90. The highest BCUT2D eigenvalue weighted by Crippen LogP contribution is 2.23. The van der Waals surface area contributed by atoms with E-state index < -0.39 is 0 Å². The van der Waals surface area contributed by atoms with Crippen LogP contribution < -0.4 is 5.73 Å². The average molecular weight is 224 g/mol. The van der Waals surface area contributed by atoms with Crippen LogP contribution in [0, 0.1) is 6.92 Å². The molecule has 1 heterocycles. The molecule has 0 fully saturated rings. The Balaban J connectivity index is 2.48. The van der Waals surface area contributed by atoms with Gasteiger partial charge in [-0.15, -0.1) is 0 Å². The van der Waals surface area contributed by atoms with Crippen LogP contribution in [0.25, 0.3) is 11.4 Å². The molecular weight excluding hydrogens is 214 g/mol. The lowest BCUT2D eigenvalue weighted by Gasteiger charge is -2.00. The normalized spacial score (nSPS) is 10.6. The molecule has 1 aromatic carbocycles. The molecule has 0 saturated heterocycles. The van der Waals surface area contributed by atoms with Crippen LogP contribution in [0.5, 0.6) is 0 Å². The Bertz CT molecular complexity index is 481. The first-order chi connectivity index (χ1) is 7.20. The van der Waals surface area contributed by atoms with Crippen molar-refractivity contribution in [2.24, 2.45) is 5.73 Å². The highest BCUT2D eigenvalue weighted by Gasteiger charge is 2.10. The van der Waals surface area contributed by atoms with Gasteiger partial charge >= 0.3 is 0 Å². The van der Waals surface area contributed by atoms with Crippen LogP contribution in [0.1, 0.15) is 11.5 Å². The van der Waals surface area contributed by atoms with E-state index in [0.717, 1.165) is 11.1 Å². The molecule has 15 heavy (non-hydrogen) atoms. The second kappa shape index (κ2) is 4.00. The number of nitrogens with zero attached hydrogens (tertiary/aromatic N) is 2. The van der Waals surface area contributed by atoms with Gasteiger partial charge in [0.05, 0.1) is 6.54 Å². The van der Waals surface area contributed by atoms with Crippen molar-refractivity contribution >= 4 is 11.6 Å². The summed E-state index contributed by atoms with van der Waals surface area (Å²) in [5.74, 6) is 0.944. The summed E-state index contributed by atoms with van der Waals surface area (Å²) in [6.45, 7) is 2.21. The summed E-state index contributed by atoms with van der Waals surface area (Å²) in [7, 11) is 0. The first-order valence-electron chi connectivity index (χ1n) is 4.50. The van der Waals surface area contributed by atoms with Gasteiger partial charge in [0, 0.05) is 10.6 Å². The van der Waals surface area contributed by atoms with E-state index >= 15 is 0 Å². The fraction of sp³-hybridized carbons (Fsp3) is 0.200. The number of aryl methyl sites for hydroxylation is 1. The molecule has 5 heteroatoms. The molecule has 0 aliphatic heterocycles. The fourth-order valence-electron chi connectivity index (χ4n) is 1.28. The maximum absolute atomic E-state index is 5.90. The van der Waals surface area contributed by atoms with Crippen molar-refractivity contribution < 1.29 is 4.52 Å². The van der Waals surface area contributed by atoms with E-state index in [1.807, 2.05) is 25.1 Å². The molecule has 0 aliphatic rings. The molecule has 2 rings (SSSR count). The number of halogens is 1. The zero-order chi connectivity index (χ0) is 10.8. The molecular formula is C10H10ClN3O. The zero-order valence-corrected chi connectivity index (χ0v) is 8.95. The van der Waals surface area contributed by atoms with Gasteiger partial charge in [-0.1, -0.05) is 22.8 Å². The molecule has 0 spiro atoms. The molecule has 4 nitrogen and oxygen atoms in total. The molecule has 0 aliphatic carbocycles. The van der Waals surface area contributed by atoms with E-state index in [9.17, 15) is 0 Å². The predicted octanol–water partition coefficient (Wildman–Crippen LogP) is 2.16. The number of aromatic nitrogens is 2. The third-order valence-electron chi connectivity index (χ3n) is 2.08. The van der Waals surface area contributed by atoms with Crippen LogP contribution in [0.3, 0.4) is 0 Å². The molecule has 1 aromatic heterocycles. The van der Waals surface area contributed by atoms with Crippen LogP contribution in [0.4, 0.5) is 0 Å². The van der Waals surface area contributed by atoms with E-state index in [-0.39, 0.29) is 6.54 Å². The Labute approximate surface area is 92.0 Å². The SMILES string of the molecule is Cc1ccc(Cl)cc1-c1noc(CN)n1. The van der Waals surface area contributed by atoms with Crippen LogP contribution in [-0.4, -0.2) is 10.1 Å². The molecule has 0 unspecified atom stereocenters. The lowest BCUT2D eigenvalue weighted by molar-refractivity contribution is 0.380. The third-order valence-corrected chi connectivity index (χ3v) is 2.32. The van der Waals surface area contributed by atoms with Crippen molar-refractivity contribution in [3.8, 4) is 11.4 Å². The van der Waals surface area contributed by atoms with Gasteiger partial charge < -0.3 is 10.3 Å². The van der Waals surface area contributed by atoms with Gasteiger partial charge in [-0.25, -0.2) is 0 Å². The predicted molar refractivity (Wildman–Crippen MR) is 57.4 cm³/mol. The number of nitrogens with two attached hydrogens (primary N) is 1. The van der Waals surface area contributed by atoms with Gasteiger partial charge in [0.1, 0.15) is 0 Å². The summed E-state index contributed by atoms with van der Waals surface area (Å²) in [4.78, 5) is 4.14. The second-order valence-corrected chi connectivity index (χ2v) is 3.61. The summed E-state index contributed by atoms with van der Waals surface area (Å²) >= 11 is 5.90. The maximum Gasteiger partial charge on any atom is 0.240 e. The summed E-state index contributed by atoms with van der Waals surface area (Å²) in [5, 5.41) is 4.48. The number of hydrogen-bond donors (Lipinski definition) is 1.